The van der Waals surface area contributed by atoms with Crippen molar-refractivity contribution in [3.63, 3.8) is 0 Å². The molecule has 10 heteroatoms. The molecule has 0 unspecified atom stereocenters. The molecule has 1 saturated heterocycles. The van der Waals surface area contributed by atoms with E-state index in [0.717, 1.165) is 37.3 Å². The van der Waals surface area contributed by atoms with E-state index in [0.29, 0.717) is 35.6 Å². The Kier molecular flexibility index (Phi) is 8.02. The van der Waals surface area contributed by atoms with Crippen LogP contribution in [0, 0.1) is 0 Å². The number of hydrogen-bond acceptors (Lipinski definition) is 7. The molecule has 0 bridgehead atoms. The van der Waals surface area contributed by atoms with Crippen LogP contribution in [0.3, 0.4) is 0 Å². The lowest BCUT2D eigenvalue weighted by Gasteiger charge is -2.29. The van der Waals surface area contributed by atoms with Crippen LogP contribution in [-0.2, 0) is 6.54 Å². The van der Waals surface area contributed by atoms with Crippen molar-refractivity contribution in [1.82, 2.24) is 25.3 Å². The Morgan fingerprint density at radius 1 is 1.13 bits per heavy atom. The largest absolute Gasteiger partial charge is 0.394 e. The molecule has 1 fully saturated rings. The fraction of sp³-hybridized carbons (Fsp3) is 0.321. The number of thiophene rings is 1. The second-order valence-electron chi connectivity index (χ2n) is 9.28. The van der Waals surface area contributed by atoms with Gasteiger partial charge in [-0.25, -0.2) is 4.98 Å². The molecule has 4 heterocycles. The average Bonchev–Trinajstić information content (AvgIpc) is 3.63. The third-order valence-corrected chi connectivity index (χ3v) is 7.51. The van der Waals surface area contributed by atoms with E-state index >= 15 is 0 Å². The van der Waals surface area contributed by atoms with Crippen molar-refractivity contribution < 1.29 is 14.7 Å². The minimum atomic E-state index is -0.368. The number of aliphatic hydroxyl groups is 1. The number of hydrogen-bond donors (Lipinski definition) is 4. The van der Waals surface area contributed by atoms with Gasteiger partial charge in [0, 0.05) is 55.6 Å². The number of rotatable bonds is 9. The van der Waals surface area contributed by atoms with E-state index in [1.807, 2.05) is 35.9 Å². The molecule has 0 radical (unpaired) electrons. The third kappa shape index (κ3) is 5.42. The summed E-state index contributed by atoms with van der Waals surface area (Å²) >= 11 is 1.51. The number of fused-ring (bicyclic) bond motifs is 1. The summed E-state index contributed by atoms with van der Waals surface area (Å²) < 4.78 is 1.66. The number of anilines is 1. The summed E-state index contributed by atoms with van der Waals surface area (Å²) in [5.74, 6) is -0.612. The van der Waals surface area contributed by atoms with Crippen molar-refractivity contribution in [2.75, 3.05) is 37.7 Å². The average molecular weight is 533 g/mol. The first kappa shape index (κ1) is 25.9. The van der Waals surface area contributed by atoms with Gasteiger partial charge >= 0.3 is 0 Å². The van der Waals surface area contributed by atoms with E-state index in [4.69, 9.17) is 4.98 Å². The predicted molar refractivity (Wildman–Crippen MR) is 150 cm³/mol. The summed E-state index contributed by atoms with van der Waals surface area (Å²) in [6.45, 7) is 6.05. The molecule has 0 spiro atoms. The summed E-state index contributed by atoms with van der Waals surface area (Å²) in [6.07, 6.45) is 2.33. The van der Waals surface area contributed by atoms with Gasteiger partial charge in [0.15, 0.2) is 5.65 Å². The minimum Gasteiger partial charge on any atom is -0.394 e. The second kappa shape index (κ2) is 11.8. The van der Waals surface area contributed by atoms with Gasteiger partial charge in [-0.2, -0.15) is 11.3 Å². The zero-order valence-corrected chi connectivity index (χ0v) is 22.1. The normalized spacial score (nSPS) is 14.4. The monoisotopic (exact) mass is 532 g/mol. The van der Waals surface area contributed by atoms with Gasteiger partial charge in [0.2, 0.25) is 0 Å². The zero-order chi connectivity index (χ0) is 26.5. The summed E-state index contributed by atoms with van der Waals surface area (Å²) in [6, 6.07) is 13.2. The number of benzene rings is 1. The van der Waals surface area contributed by atoms with E-state index < -0.39 is 0 Å². The Hall–Kier alpha value is -3.73. The maximum atomic E-state index is 13.3. The fourth-order valence-corrected chi connectivity index (χ4v) is 5.26. The molecule has 0 saturated carbocycles. The summed E-state index contributed by atoms with van der Waals surface area (Å²) in [4.78, 5) is 33.7. The first-order valence-corrected chi connectivity index (χ1v) is 13.8. The highest BCUT2D eigenvalue weighted by atomic mass is 32.1. The number of aromatic nitrogens is 2. The van der Waals surface area contributed by atoms with Crippen molar-refractivity contribution in [3.8, 4) is 11.3 Å². The standard InChI is InChI=1S/C28H32N6O3S/c1-2-21(17-35)31-28(37)25-24(20-9-15-38-18-20)32-26-23(4-3-12-34(25)26)27(36)30-16-19-5-7-22(8-6-19)33-13-10-29-11-14-33/h3-9,12,15,18,21,29,35H,2,10-11,13-14,16-17H2,1H3,(H,30,36)(H,31,37)/t21-/m0/s1. The van der Waals surface area contributed by atoms with Gasteiger partial charge in [-0.05, 0) is 47.7 Å². The molecule has 1 atom stereocenters. The number of pyridine rings is 1. The third-order valence-electron chi connectivity index (χ3n) is 6.82. The van der Waals surface area contributed by atoms with E-state index in [-0.39, 0.29) is 24.5 Å². The van der Waals surface area contributed by atoms with Gasteiger partial charge in [0.25, 0.3) is 11.8 Å². The first-order chi connectivity index (χ1) is 18.6. The highest BCUT2D eigenvalue weighted by Crippen LogP contribution is 2.28. The number of aliphatic hydroxyl groups excluding tert-OH is 1. The topological polar surface area (TPSA) is 111 Å². The predicted octanol–water partition coefficient (Wildman–Crippen LogP) is 2.90. The molecule has 5 rings (SSSR count). The molecule has 4 aromatic rings. The molecule has 38 heavy (non-hydrogen) atoms. The highest BCUT2D eigenvalue weighted by molar-refractivity contribution is 7.08. The van der Waals surface area contributed by atoms with Gasteiger partial charge in [-0.3, -0.25) is 14.0 Å². The lowest BCUT2D eigenvalue weighted by molar-refractivity contribution is 0.0907. The van der Waals surface area contributed by atoms with E-state index in [9.17, 15) is 14.7 Å². The Labute approximate surface area is 225 Å². The molecule has 0 aliphatic carbocycles. The minimum absolute atomic E-state index is 0.156. The molecular formula is C28H32N6O3S. The number of imidazole rings is 1. The molecule has 4 N–H and O–H groups in total. The number of carbonyl (C=O) groups excluding carboxylic acids is 2. The lowest BCUT2D eigenvalue weighted by Crippen LogP contribution is -2.43. The van der Waals surface area contributed by atoms with Gasteiger partial charge in [0.1, 0.15) is 11.4 Å². The van der Waals surface area contributed by atoms with Crippen LogP contribution in [0.25, 0.3) is 16.9 Å². The quantitative estimate of drug-likeness (QED) is 0.264. The van der Waals surface area contributed by atoms with Crippen LogP contribution >= 0.6 is 11.3 Å². The van der Waals surface area contributed by atoms with Crippen LogP contribution in [0.15, 0.2) is 59.4 Å². The van der Waals surface area contributed by atoms with Crippen LogP contribution in [-0.4, -0.2) is 65.1 Å². The highest BCUT2D eigenvalue weighted by Gasteiger charge is 2.25. The van der Waals surface area contributed by atoms with Crippen molar-refractivity contribution in [1.29, 1.82) is 0 Å². The Balaban J connectivity index is 1.39. The summed E-state index contributed by atoms with van der Waals surface area (Å²) in [5.41, 5.74) is 4.61. The maximum Gasteiger partial charge on any atom is 0.270 e. The van der Waals surface area contributed by atoms with Crippen LogP contribution < -0.4 is 20.9 Å². The second-order valence-corrected chi connectivity index (χ2v) is 10.1. The summed E-state index contributed by atoms with van der Waals surface area (Å²) in [5, 5.41) is 22.7. The number of nitrogens with one attached hydrogen (secondary N) is 3. The Bertz CT molecular complexity index is 1390. The number of amides is 2. The lowest BCUT2D eigenvalue weighted by atomic mass is 10.1. The SMILES string of the molecule is CC[C@@H](CO)NC(=O)c1c(-c2ccsc2)nc2c(C(=O)NCc3ccc(N4CCNCC4)cc3)cccn12. The maximum absolute atomic E-state index is 13.3. The van der Waals surface area contributed by atoms with Crippen molar-refractivity contribution >= 4 is 34.5 Å². The van der Waals surface area contributed by atoms with Crippen molar-refractivity contribution in [2.24, 2.45) is 0 Å². The molecule has 1 aliphatic heterocycles. The number of carbonyl (C=O) groups is 2. The zero-order valence-electron chi connectivity index (χ0n) is 21.3. The van der Waals surface area contributed by atoms with Crippen molar-refractivity contribution in [2.45, 2.75) is 25.9 Å². The molecule has 3 aromatic heterocycles. The molecule has 198 valence electrons. The van der Waals surface area contributed by atoms with Crippen LogP contribution in [0.2, 0.25) is 0 Å². The van der Waals surface area contributed by atoms with Crippen LogP contribution in [0.1, 0.15) is 39.8 Å². The van der Waals surface area contributed by atoms with Gasteiger partial charge in [-0.1, -0.05) is 19.1 Å². The Morgan fingerprint density at radius 2 is 1.92 bits per heavy atom. The summed E-state index contributed by atoms with van der Waals surface area (Å²) in [7, 11) is 0. The number of nitrogens with zero attached hydrogens (tertiary/aromatic N) is 3. The van der Waals surface area contributed by atoms with E-state index in [1.165, 1.54) is 17.0 Å². The molecule has 2 amide bonds. The first-order valence-electron chi connectivity index (χ1n) is 12.9. The van der Waals surface area contributed by atoms with Crippen LogP contribution in [0.4, 0.5) is 5.69 Å². The van der Waals surface area contributed by atoms with Crippen molar-refractivity contribution in [3.05, 3.63) is 76.2 Å². The Morgan fingerprint density at radius 3 is 2.61 bits per heavy atom. The van der Waals surface area contributed by atoms with Gasteiger partial charge in [-0.15, -0.1) is 0 Å². The van der Waals surface area contributed by atoms with Crippen LogP contribution in [0.5, 0.6) is 0 Å². The molecule has 1 aromatic carbocycles. The van der Waals surface area contributed by atoms with E-state index in [1.54, 1.807) is 22.7 Å². The van der Waals surface area contributed by atoms with Gasteiger partial charge in [0.05, 0.1) is 18.2 Å². The molecular weight excluding hydrogens is 500 g/mol. The van der Waals surface area contributed by atoms with E-state index in [2.05, 4.69) is 33.0 Å². The van der Waals surface area contributed by atoms with Gasteiger partial charge < -0.3 is 26.0 Å². The molecule has 1 aliphatic rings. The molecule has 9 nitrogen and oxygen atoms in total. The number of piperazine rings is 1. The fourth-order valence-electron chi connectivity index (χ4n) is 4.62. The smallest absolute Gasteiger partial charge is 0.270 e.